The molecule has 0 atom stereocenters. The largest absolute Gasteiger partial charge is 0.383 e. The molecule has 0 saturated carbocycles. The van der Waals surface area contributed by atoms with Crippen LogP contribution in [-0.2, 0) is 11.3 Å². The van der Waals surface area contributed by atoms with Crippen molar-refractivity contribution in [2.75, 3.05) is 37.6 Å². The lowest BCUT2D eigenvalue weighted by atomic mass is 10.2. The van der Waals surface area contributed by atoms with Gasteiger partial charge in [-0.3, -0.25) is 4.79 Å². The fourth-order valence-corrected chi connectivity index (χ4v) is 2.58. The molecule has 0 spiro atoms. The summed E-state index contributed by atoms with van der Waals surface area (Å²) in [5.41, 5.74) is 0.332. The summed E-state index contributed by atoms with van der Waals surface area (Å²) in [7, 11) is 1.59. The topological polar surface area (TPSA) is 56.1 Å². The van der Waals surface area contributed by atoms with Crippen molar-refractivity contribution in [1.82, 2.24) is 9.78 Å². The first-order valence-corrected chi connectivity index (χ1v) is 8.95. The van der Waals surface area contributed by atoms with Crippen LogP contribution in [0.25, 0.3) is 0 Å². The normalized spacial score (nSPS) is 10.8. The van der Waals surface area contributed by atoms with Gasteiger partial charge in [-0.1, -0.05) is 24.4 Å². The molecule has 1 N–H and O–H groups in total. The number of nitrogens with one attached hydrogen (secondary N) is 1. The molecule has 1 heterocycles. The Labute approximate surface area is 135 Å². The van der Waals surface area contributed by atoms with Crippen molar-refractivity contribution in [3.05, 3.63) is 21.6 Å². The van der Waals surface area contributed by atoms with Crippen LogP contribution in [-0.4, -0.2) is 42.1 Å². The molecular formula is C14H24ClN3O2S. The average molecular weight is 334 g/mol. The Morgan fingerprint density at radius 3 is 2.86 bits per heavy atom. The number of thioether (sulfide) groups is 1. The van der Waals surface area contributed by atoms with Crippen LogP contribution in [0.4, 0.5) is 5.69 Å². The molecule has 1 aromatic rings. The van der Waals surface area contributed by atoms with Gasteiger partial charge in [0.2, 0.25) is 0 Å². The van der Waals surface area contributed by atoms with Crippen molar-refractivity contribution in [3.8, 4) is 0 Å². The molecule has 0 fully saturated rings. The molecule has 0 aliphatic heterocycles. The maximum absolute atomic E-state index is 12.0. The van der Waals surface area contributed by atoms with Crippen LogP contribution >= 0.6 is 23.4 Å². The number of hydrogen-bond acceptors (Lipinski definition) is 5. The average Bonchev–Trinajstić information content (AvgIpc) is 2.49. The fraction of sp³-hybridized carbons (Fsp3) is 0.714. The summed E-state index contributed by atoms with van der Waals surface area (Å²) in [6.45, 7) is 1.65. The predicted octanol–water partition coefficient (Wildman–Crippen LogP) is 2.88. The predicted molar refractivity (Wildman–Crippen MR) is 90.7 cm³/mol. The van der Waals surface area contributed by atoms with Crippen LogP contribution in [0.3, 0.4) is 0 Å². The standard InChI is InChI=1S/C14H24ClN3O2S/c1-20-9-8-18-14(19)13(15)12(11-17-18)16-7-5-3-4-6-10-21-2/h11,16H,3-10H2,1-2H3. The lowest BCUT2D eigenvalue weighted by molar-refractivity contribution is 0.182. The molecule has 0 bridgehead atoms. The van der Waals surface area contributed by atoms with Gasteiger partial charge in [0, 0.05) is 13.7 Å². The van der Waals surface area contributed by atoms with Gasteiger partial charge in [-0.2, -0.15) is 16.9 Å². The summed E-state index contributed by atoms with van der Waals surface area (Å²) in [6.07, 6.45) is 8.49. The van der Waals surface area contributed by atoms with E-state index in [1.165, 1.54) is 29.7 Å². The molecule has 1 aromatic heterocycles. The van der Waals surface area contributed by atoms with Crippen molar-refractivity contribution in [3.63, 3.8) is 0 Å². The number of nitrogens with zero attached hydrogens (tertiary/aromatic N) is 2. The Morgan fingerprint density at radius 1 is 1.38 bits per heavy atom. The summed E-state index contributed by atoms with van der Waals surface area (Å²) in [6, 6.07) is 0. The number of unbranched alkanes of at least 4 members (excludes halogenated alkanes) is 3. The van der Waals surface area contributed by atoms with Gasteiger partial charge in [0.15, 0.2) is 0 Å². The molecule has 0 aliphatic carbocycles. The highest BCUT2D eigenvalue weighted by molar-refractivity contribution is 7.98. The molecule has 0 saturated heterocycles. The van der Waals surface area contributed by atoms with Crippen molar-refractivity contribution in [1.29, 1.82) is 0 Å². The Morgan fingerprint density at radius 2 is 2.14 bits per heavy atom. The number of hydrogen-bond donors (Lipinski definition) is 1. The van der Waals surface area contributed by atoms with Gasteiger partial charge < -0.3 is 10.1 Å². The molecule has 1 rings (SSSR count). The highest BCUT2D eigenvalue weighted by Gasteiger charge is 2.08. The summed E-state index contributed by atoms with van der Waals surface area (Å²) >= 11 is 7.96. The van der Waals surface area contributed by atoms with E-state index in [-0.39, 0.29) is 10.6 Å². The van der Waals surface area contributed by atoms with E-state index >= 15 is 0 Å². The van der Waals surface area contributed by atoms with Crippen LogP contribution in [0, 0.1) is 0 Å². The zero-order valence-corrected chi connectivity index (χ0v) is 14.3. The van der Waals surface area contributed by atoms with E-state index in [9.17, 15) is 4.79 Å². The van der Waals surface area contributed by atoms with E-state index in [1.807, 2.05) is 11.8 Å². The zero-order chi connectivity index (χ0) is 15.5. The lowest BCUT2D eigenvalue weighted by Gasteiger charge is -2.10. The minimum atomic E-state index is -0.279. The summed E-state index contributed by atoms with van der Waals surface area (Å²) in [5, 5.41) is 7.47. The molecule has 120 valence electrons. The first-order chi connectivity index (χ1) is 10.2. The summed E-state index contributed by atoms with van der Waals surface area (Å²) in [5.74, 6) is 1.23. The first-order valence-electron chi connectivity index (χ1n) is 7.18. The van der Waals surface area contributed by atoms with Gasteiger partial charge in [-0.15, -0.1) is 0 Å². The maximum atomic E-state index is 12.0. The number of rotatable bonds is 11. The number of halogens is 1. The van der Waals surface area contributed by atoms with Gasteiger partial charge in [0.1, 0.15) is 5.02 Å². The van der Waals surface area contributed by atoms with Crippen LogP contribution < -0.4 is 10.9 Å². The zero-order valence-electron chi connectivity index (χ0n) is 12.7. The number of anilines is 1. The monoisotopic (exact) mass is 333 g/mol. The van der Waals surface area contributed by atoms with Crippen LogP contribution in [0.15, 0.2) is 11.0 Å². The number of methoxy groups -OCH3 is 1. The van der Waals surface area contributed by atoms with Gasteiger partial charge in [-0.25, -0.2) is 4.68 Å². The molecule has 0 radical (unpaired) electrons. The maximum Gasteiger partial charge on any atom is 0.287 e. The van der Waals surface area contributed by atoms with E-state index in [4.69, 9.17) is 16.3 Å². The van der Waals surface area contributed by atoms with E-state index in [0.29, 0.717) is 18.8 Å². The third-order valence-electron chi connectivity index (χ3n) is 3.08. The van der Waals surface area contributed by atoms with Gasteiger partial charge in [0.25, 0.3) is 5.56 Å². The van der Waals surface area contributed by atoms with Crippen molar-refractivity contribution >= 4 is 29.1 Å². The lowest BCUT2D eigenvalue weighted by Crippen LogP contribution is -2.26. The van der Waals surface area contributed by atoms with E-state index < -0.39 is 0 Å². The van der Waals surface area contributed by atoms with E-state index in [2.05, 4.69) is 16.7 Å². The Kier molecular flexibility index (Phi) is 9.54. The molecule has 0 aliphatic rings. The second kappa shape index (κ2) is 10.9. The Bertz CT molecular complexity index is 468. The third kappa shape index (κ3) is 6.72. The van der Waals surface area contributed by atoms with Crippen molar-refractivity contribution in [2.24, 2.45) is 0 Å². The van der Waals surface area contributed by atoms with E-state index in [1.54, 1.807) is 13.3 Å². The number of aromatic nitrogens is 2. The summed E-state index contributed by atoms with van der Waals surface area (Å²) < 4.78 is 6.25. The molecule has 0 unspecified atom stereocenters. The van der Waals surface area contributed by atoms with Crippen LogP contribution in [0.2, 0.25) is 5.02 Å². The number of ether oxygens (including phenoxy) is 1. The van der Waals surface area contributed by atoms with Crippen LogP contribution in [0.5, 0.6) is 0 Å². The van der Waals surface area contributed by atoms with Gasteiger partial charge >= 0.3 is 0 Å². The SMILES string of the molecule is COCCn1ncc(NCCCCCCSC)c(Cl)c1=O. The Hall–Kier alpha value is -0.720. The van der Waals surface area contributed by atoms with Crippen LogP contribution in [0.1, 0.15) is 25.7 Å². The first kappa shape index (κ1) is 18.3. The van der Waals surface area contributed by atoms with Gasteiger partial charge in [0.05, 0.1) is 25.0 Å². The molecule has 21 heavy (non-hydrogen) atoms. The Balaban J connectivity index is 2.38. The van der Waals surface area contributed by atoms with E-state index in [0.717, 1.165) is 13.0 Å². The minimum absolute atomic E-state index is 0.198. The molecular weight excluding hydrogens is 310 g/mol. The minimum Gasteiger partial charge on any atom is -0.383 e. The summed E-state index contributed by atoms with van der Waals surface area (Å²) in [4.78, 5) is 12.0. The molecule has 0 aromatic carbocycles. The second-order valence-corrected chi connectivity index (χ2v) is 6.09. The highest BCUT2D eigenvalue weighted by atomic mass is 35.5. The third-order valence-corrected chi connectivity index (χ3v) is 4.14. The fourth-order valence-electron chi connectivity index (χ4n) is 1.87. The molecule has 5 nitrogen and oxygen atoms in total. The highest BCUT2D eigenvalue weighted by Crippen LogP contribution is 2.15. The van der Waals surface area contributed by atoms with Crippen molar-refractivity contribution in [2.45, 2.75) is 32.2 Å². The second-order valence-electron chi connectivity index (χ2n) is 4.73. The quantitative estimate of drug-likeness (QED) is 0.631. The molecule has 7 heteroatoms. The smallest absolute Gasteiger partial charge is 0.287 e. The van der Waals surface area contributed by atoms with Crippen molar-refractivity contribution < 1.29 is 4.74 Å². The van der Waals surface area contributed by atoms with Gasteiger partial charge in [-0.05, 0) is 24.9 Å². The molecule has 0 amide bonds.